The molecule has 0 saturated carbocycles. The highest BCUT2D eigenvalue weighted by Crippen LogP contribution is 2.26. The first-order valence-corrected chi connectivity index (χ1v) is 7.74. The number of aryl methyl sites for hydroxylation is 2. The molecule has 1 atom stereocenters. The lowest BCUT2D eigenvalue weighted by Crippen LogP contribution is -2.35. The van der Waals surface area contributed by atoms with Gasteiger partial charge in [-0.3, -0.25) is 0 Å². The van der Waals surface area contributed by atoms with E-state index in [0.29, 0.717) is 13.0 Å². The maximum Gasteiger partial charge on any atom is 0.125 e. The minimum absolute atomic E-state index is 0.108. The zero-order chi connectivity index (χ0) is 16.3. The Morgan fingerprint density at radius 3 is 2.05 bits per heavy atom. The molecule has 0 aliphatic carbocycles. The van der Waals surface area contributed by atoms with Crippen LogP contribution in [0.15, 0.2) is 12.1 Å². The highest BCUT2D eigenvalue weighted by Gasteiger charge is 2.19. The normalized spacial score (nSPS) is 14.9. The van der Waals surface area contributed by atoms with Crippen molar-refractivity contribution in [1.29, 1.82) is 0 Å². The summed E-state index contributed by atoms with van der Waals surface area (Å²) in [6.07, 6.45) is 0.679. The molecule has 120 valence electrons. The highest BCUT2D eigenvalue weighted by atomic mass is 16.5. The number of hydrogen-bond acceptors (Lipinski definition) is 3. The summed E-state index contributed by atoms with van der Waals surface area (Å²) >= 11 is 0. The lowest BCUT2D eigenvalue weighted by molar-refractivity contribution is 0.00807. The average Bonchev–Trinajstić information content (AvgIpc) is 2.34. The van der Waals surface area contributed by atoms with E-state index in [-0.39, 0.29) is 5.54 Å². The smallest absolute Gasteiger partial charge is 0.125 e. The molecule has 1 aromatic rings. The molecule has 1 rings (SSSR count). The predicted octanol–water partition coefficient (Wildman–Crippen LogP) is 3.73. The van der Waals surface area contributed by atoms with Crippen LogP contribution in [0.4, 0.5) is 0 Å². The van der Waals surface area contributed by atoms with Gasteiger partial charge in [0.05, 0.1) is 5.60 Å². The van der Waals surface area contributed by atoms with Crippen LogP contribution in [0.3, 0.4) is 0 Å². The van der Waals surface area contributed by atoms with Gasteiger partial charge in [-0.15, -0.1) is 0 Å². The molecule has 2 N–H and O–H groups in total. The van der Waals surface area contributed by atoms with Gasteiger partial charge in [0.2, 0.25) is 0 Å². The summed E-state index contributed by atoms with van der Waals surface area (Å²) in [4.78, 5) is 0. The Labute approximate surface area is 129 Å². The van der Waals surface area contributed by atoms with Crippen molar-refractivity contribution in [2.45, 2.75) is 72.6 Å². The Bertz CT molecular complexity index is 450. The van der Waals surface area contributed by atoms with Crippen molar-refractivity contribution >= 4 is 0 Å². The fraction of sp³-hybridized carbons (Fsp3) is 0.667. The molecule has 0 aliphatic rings. The van der Waals surface area contributed by atoms with Crippen LogP contribution in [0.2, 0.25) is 0 Å². The topological polar surface area (TPSA) is 41.5 Å². The molecule has 3 heteroatoms. The third kappa shape index (κ3) is 6.06. The van der Waals surface area contributed by atoms with E-state index >= 15 is 0 Å². The van der Waals surface area contributed by atoms with Gasteiger partial charge in [-0.25, -0.2) is 0 Å². The summed E-state index contributed by atoms with van der Waals surface area (Å²) in [6.45, 7) is 15.5. The van der Waals surface area contributed by atoms with E-state index in [1.807, 2.05) is 6.92 Å². The zero-order valence-electron chi connectivity index (χ0n) is 14.6. The SMILES string of the molecule is CCC(C)(O)COc1c(C)cc(CNC(C)(C)C)cc1C. The van der Waals surface area contributed by atoms with E-state index in [0.717, 1.165) is 23.4 Å². The first kappa shape index (κ1) is 18.0. The summed E-state index contributed by atoms with van der Waals surface area (Å²) in [5.41, 5.74) is 2.83. The second-order valence-corrected chi connectivity index (χ2v) is 7.30. The third-order valence-electron chi connectivity index (χ3n) is 3.63. The molecule has 0 fully saturated rings. The molecule has 1 aromatic carbocycles. The van der Waals surface area contributed by atoms with Crippen LogP contribution in [-0.4, -0.2) is 22.9 Å². The van der Waals surface area contributed by atoms with E-state index in [2.05, 4.69) is 52.1 Å². The quantitative estimate of drug-likeness (QED) is 0.839. The van der Waals surface area contributed by atoms with Crippen molar-refractivity contribution in [3.05, 3.63) is 28.8 Å². The van der Waals surface area contributed by atoms with Crippen molar-refractivity contribution in [3.63, 3.8) is 0 Å². The first-order valence-electron chi connectivity index (χ1n) is 7.74. The molecular formula is C18H31NO2. The maximum atomic E-state index is 10.1. The van der Waals surface area contributed by atoms with E-state index < -0.39 is 5.60 Å². The van der Waals surface area contributed by atoms with E-state index in [4.69, 9.17) is 4.74 Å². The summed E-state index contributed by atoms with van der Waals surface area (Å²) in [5.74, 6) is 0.892. The molecule has 0 saturated heterocycles. The minimum Gasteiger partial charge on any atom is -0.490 e. The second kappa shape index (κ2) is 6.80. The average molecular weight is 293 g/mol. The number of rotatable bonds is 6. The van der Waals surface area contributed by atoms with Gasteiger partial charge in [-0.05, 0) is 64.7 Å². The van der Waals surface area contributed by atoms with Crippen LogP contribution in [0.5, 0.6) is 5.75 Å². The highest BCUT2D eigenvalue weighted by molar-refractivity contribution is 5.43. The van der Waals surface area contributed by atoms with Crippen molar-refractivity contribution in [2.75, 3.05) is 6.61 Å². The van der Waals surface area contributed by atoms with Crippen molar-refractivity contribution in [2.24, 2.45) is 0 Å². The number of aliphatic hydroxyl groups is 1. The number of hydrogen-bond donors (Lipinski definition) is 2. The lowest BCUT2D eigenvalue weighted by Gasteiger charge is -2.24. The standard InChI is InChI=1S/C18H31NO2/c1-8-18(7,20)12-21-16-13(2)9-15(10-14(16)3)11-19-17(4,5)6/h9-10,19-20H,8,11-12H2,1-7H3. The van der Waals surface area contributed by atoms with Crippen LogP contribution in [0.25, 0.3) is 0 Å². The van der Waals surface area contributed by atoms with E-state index in [1.165, 1.54) is 5.56 Å². The molecule has 0 heterocycles. The largest absolute Gasteiger partial charge is 0.490 e. The summed E-state index contributed by atoms with van der Waals surface area (Å²) in [6, 6.07) is 4.31. The van der Waals surface area contributed by atoms with Crippen LogP contribution < -0.4 is 10.1 Å². The van der Waals surface area contributed by atoms with Gasteiger partial charge in [0.1, 0.15) is 12.4 Å². The van der Waals surface area contributed by atoms with Gasteiger partial charge in [0.15, 0.2) is 0 Å². The molecule has 0 amide bonds. The molecule has 0 aliphatic heterocycles. The third-order valence-corrected chi connectivity index (χ3v) is 3.63. The maximum absolute atomic E-state index is 10.1. The molecule has 3 nitrogen and oxygen atoms in total. The van der Waals surface area contributed by atoms with Gasteiger partial charge in [0.25, 0.3) is 0 Å². The Hall–Kier alpha value is -1.06. The number of benzene rings is 1. The van der Waals surface area contributed by atoms with E-state index in [9.17, 15) is 5.11 Å². The Morgan fingerprint density at radius 1 is 1.10 bits per heavy atom. The van der Waals surface area contributed by atoms with Gasteiger partial charge in [-0.2, -0.15) is 0 Å². The van der Waals surface area contributed by atoms with E-state index in [1.54, 1.807) is 6.92 Å². The molecule has 0 radical (unpaired) electrons. The van der Waals surface area contributed by atoms with Crippen molar-refractivity contribution in [3.8, 4) is 5.75 Å². The van der Waals surface area contributed by atoms with Gasteiger partial charge in [0, 0.05) is 12.1 Å². The zero-order valence-corrected chi connectivity index (χ0v) is 14.6. The monoisotopic (exact) mass is 293 g/mol. The predicted molar refractivity (Wildman–Crippen MR) is 88.9 cm³/mol. The molecule has 1 unspecified atom stereocenters. The molecule has 0 bridgehead atoms. The van der Waals surface area contributed by atoms with Gasteiger partial charge >= 0.3 is 0 Å². The van der Waals surface area contributed by atoms with Crippen LogP contribution >= 0.6 is 0 Å². The summed E-state index contributed by atoms with van der Waals surface area (Å²) in [5, 5.41) is 13.6. The van der Waals surface area contributed by atoms with Crippen LogP contribution in [-0.2, 0) is 6.54 Å². The Balaban J connectivity index is 2.80. The fourth-order valence-electron chi connectivity index (χ4n) is 2.07. The Morgan fingerprint density at radius 2 is 1.62 bits per heavy atom. The summed E-state index contributed by atoms with van der Waals surface area (Å²) < 4.78 is 5.85. The lowest BCUT2D eigenvalue weighted by atomic mass is 10.0. The number of ether oxygens (including phenoxy) is 1. The first-order chi connectivity index (χ1) is 9.54. The summed E-state index contributed by atoms with van der Waals surface area (Å²) in [7, 11) is 0. The number of nitrogens with one attached hydrogen (secondary N) is 1. The molecule has 0 aromatic heterocycles. The fourth-order valence-corrected chi connectivity index (χ4v) is 2.07. The molecular weight excluding hydrogens is 262 g/mol. The van der Waals surface area contributed by atoms with Crippen molar-refractivity contribution < 1.29 is 9.84 Å². The minimum atomic E-state index is -0.772. The van der Waals surface area contributed by atoms with Crippen LogP contribution in [0, 0.1) is 13.8 Å². The second-order valence-electron chi connectivity index (χ2n) is 7.30. The molecule has 0 spiro atoms. The van der Waals surface area contributed by atoms with Gasteiger partial charge < -0.3 is 15.2 Å². The van der Waals surface area contributed by atoms with Crippen LogP contribution in [0.1, 0.15) is 57.7 Å². The molecule has 21 heavy (non-hydrogen) atoms. The van der Waals surface area contributed by atoms with Gasteiger partial charge in [-0.1, -0.05) is 19.1 Å². The van der Waals surface area contributed by atoms with Crippen molar-refractivity contribution in [1.82, 2.24) is 5.32 Å². The Kier molecular flexibility index (Phi) is 5.83.